The van der Waals surface area contributed by atoms with Gasteiger partial charge in [0.25, 0.3) is 5.91 Å². The Bertz CT molecular complexity index is 1110. The summed E-state index contributed by atoms with van der Waals surface area (Å²) in [5, 5.41) is 3.05. The molecule has 7 nitrogen and oxygen atoms in total. The maximum atomic E-state index is 12.3. The summed E-state index contributed by atoms with van der Waals surface area (Å²) in [5.74, 6) is -0.781. The van der Waals surface area contributed by atoms with Gasteiger partial charge in [0.15, 0.2) is 0 Å². The van der Waals surface area contributed by atoms with E-state index in [9.17, 15) is 14.4 Å². The van der Waals surface area contributed by atoms with Gasteiger partial charge in [-0.25, -0.2) is 0 Å². The van der Waals surface area contributed by atoms with Crippen LogP contribution in [0.25, 0.3) is 0 Å². The van der Waals surface area contributed by atoms with Crippen molar-refractivity contribution in [2.24, 2.45) is 0 Å². The van der Waals surface area contributed by atoms with Crippen molar-refractivity contribution in [1.29, 1.82) is 0 Å². The standard InChI is InChI=1S/C25H24ClN3O4/c26-21-11-4-5-12-22(21)27-23(30)13-14-24(31)28-29-25(32)19-9-6-10-20(17-19)33-16-15-18-7-2-1-3-8-18/h1-12,17H,13-16H2,(H,27,30)(H,28,31)(H,29,32). The number of benzene rings is 3. The third kappa shape index (κ3) is 7.97. The molecule has 3 N–H and O–H groups in total. The molecule has 3 rings (SSSR count). The highest BCUT2D eigenvalue weighted by molar-refractivity contribution is 6.33. The van der Waals surface area contributed by atoms with Crippen LogP contribution in [0.3, 0.4) is 0 Å². The van der Waals surface area contributed by atoms with E-state index in [0.29, 0.717) is 28.6 Å². The van der Waals surface area contributed by atoms with Crippen LogP contribution < -0.4 is 20.9 Å². The zero-order valence-electron chi connectivity index (χ0n) is 17.8. The van der Waals surface area contributed by atoms with Gasteiger partial charge < -0.3 is 10.1 Å². The van der Waals surface area contributed by atoms with Gasteiger partial charge in [-0.05, 0) is 35.9 Å². The average Bonchev–Trinajstić information content (AvgIpc) is 2.83. The molecule has 0 spiro atoms. The second-order valence-electron chi connectivity index (χ2n) is 7.14. The zero-order valence-corrected chi connectivity index (χ0v) is 18.6. The van der Waals surface area contributed by atoms with Gasteiger partial charge in [-0.2, -0.15) is 0 Å². The summed E-state index contributed by atoms with van der Waals surface area (Å²) >= 11 is 5.99. The highest BCUT2D eigenvalue weighted by Gasteiger charge is 2.11. The van der Waals surface area contributed by atoms with Crippen LogP contribution in [0.2, 0.25) is 5.02 Å². The van der Waals surface area contributed by atoms with Crippen LogP contribution in [0.1, 0.15) is 28.8 Å². The predicted octanol–water partition coefficient (Wildman–Crippen LogP) is 4.14. The molecule has 0 aliphatic carbocycles. The number of para-hydroxylation sites is 1. The molecule has 8 heteroatoms. The molecule has 0 bridgehead atoms. The first kappa shape index (κ1) is 23.8. The molecule has 0 saturated heterocycles. The van der Waals surface area contributed by atoms with E-state index in [2.05, 4.69) is 16.2 Å². The fraction of sp³-hybridized carbons (Fsp3) is 0.160. The summed E-state index contributed by atoms with van der Waals surface area (Å²) in [7, 11) is 0. The first-order valence-electron chi connectivity index (χ1n) is 10.4. The molecule has 3 aromatic rings. The summed E-state index contributed by atoms with van der Waals surface area (Å²) in [5.41, 5.74) is 6.63. The number of rotatable bonds is 9. The molecular formula is C25H24ClN3O4. The Morgan fingerprint density at radius 2 is 1.52 bits per heavy atom. The molecule has 0 aliphatic rings. The zero-order chi connectivity index (χ0) is 23.5. The van der Waals surface area contributed by atoms with E-state index in [4.69, 9.17) is 16.3 Å². The first-order valence-corrected chi connectivity index (χ1v) is 10.8. The molecule has 0 saturated carbocycles. The number of carbonyl (C=O) groups excluding carboxylic acids is 3. The number of hydrogen-bond acceptors (Lipinski definition) is 4. The molecule has 0 radical (unpaired) electrons. The molecular weight excluding hydrogens is 442 g/mol. The maximum Gasteiger partial charge on any atom is 0.269 e. The van der Waals surface area contributed by atoms with E-state index in [1.807, 2.05) is 30.3 Å². The van der Waals surface area contributed by atoms with Crippen molar-refractivity contribution in [3.05, 3.63) is 95.0 Å². The fourth-order valence-electron chi connectivity index (χ4n) is 2.92. The van der Waals surface area contributed by atoms with Crippen LogP contribution in [0, 0.1) is 0 Å². The summed E-state index contributed by atoms with van der Waals surface area (Å²) in [6.45, 7) is 0.474. The van der Waals surface area contributed by atoms with Gasteiger partial charge in [-0.15, -0.1) is 0 Å². The second-order valence-corrected chi connectivity index (χ2v) is 7.55. The Morgan fingerprint density at radius 1 is 0.788 bits per heavy atom. The number of hydrazine groups is 1. The number of ether oxygens (including phenoxy) is 1. The van der Waals surface area contributed by atoms with E-state index < -0.39 is 11.8 Å². The predicted molar refractivity (Wildman–Crippen MR) is 127 cm³/mol. The van der Waals surface area contributed by atoms with Gasteiger partial charge in [0.05, 0.1) is 17.3 Å². The van der Waals surface area contributed by atoms with Crippen molar-refractivity contribution in [2.75, 3.05) is 11.9 Å². The Labute approximate surface area is 197 Å². The SMILES string of the molecule is O=C(CCC(=O)Nc1ccccc1Cl)NNC(=O)c1cccc(OCCc2ccccc2)c1. The number of carbonyl (C=O) groups is 3. The molecule has 3 amide bonds. The molecule has 0 heterocycles. The van der Waals surface area contributed by atoms with Gasteiger partial charge in [0, 0.05) is 24.8 Å². The second kappa shape index (κ2) is 12.3. The minimum Gasteiger partial charge on any atom is -0.493 e. The minimum absolute atomic E-state index is 0.0579. The van der Waals surface area contributed by atoms with E-state index in [1.54, 1.807) is 48.5 Å². The van der Waals surface area contributed by atoms with Crippen molar-refractivity contribution < 1.29 is 19.1 Å². The van der Waals surface area contributed by atoms with E-state index in [-0.39, 0.29) is 18.7 Å². The Morgan fingerprint density at radius 3 is 2.30 bits per heavy atom. The minimum atomic E-state index is -0.493. The van der Waals surface area contributed by atoms with Crippen molar-refractivity contribution in [3.8, 4) is 5.75 Å². The quantitative estimate of drug-likeness (QED) is 0.414. The lowest BCUT2D eigenvalue weighted by Crippen LogP contribution is -2.41. The third-order valence-electron chi connectivity index (χ3n) is 4.64. The lowest BCUT2D eigenvalue weighted by molar-refractivity contribution is -0.124. The van der Waals surface area contributed by atoms with Crippen LogP contribution >= 0.6 is 11.6 Å². The Balaban J connectivity index is 1.39. The normalized spacial score (nSPS) is 10.2. The number of nitrogens with one attached hydrogen (secondary N) is 3. The van der Waals surface area contributed by atoms with Gasteiger partial charge in [-0.3, -0.25) is 25.2 Å². The van der Waals surface area contributed by atoms with Crippen LogP contribution in [-0.4, -0.2) is 24.3 Å². The monoisotopic (exact) mass is 465 g/mol. The van der Waals surface area contributed by atoms with Gasteiger partial charge in [0.1, 0.15) is 5.75 Å². The molecule has 0 aromatic heterocycles. The molecule has 170 valence electrons. The van der Waals surface area contributed by atoms with Crippen molar-refractivity contribution in [3.63, 3.8) is 0 Å². The third-order valence-corrected chi connectivity index (χ3v) is 4.97. The number of halogens is 1. The van der Waals surface area contributed by atoms with Crippen LogP contribution in [-0.2, 0) is 16.0 Å². The number of amides is 3. The molecule has 0 fully saturated rings. The van der Waals surface area contributed by atoms with E-state index >= 15 is 0 Å². The summed E-state index contributed by atoms with van der Waals surface area (Å²) < 4.78 is 5.73. The first-order chi connectivity index (χ1) is 16.0. The smallest absolute Gasteiger partial charge is 0.269 e. The Hall–Kier alpha value is -3.84. The lowest BCUT2D eigenvalue weighted by atomic mass is 10.2. The maximum absolute atomic E-state index is 12.3. The van der Waals surface area contributed by atoms with Crippen molar-refractivity contribution in [2.45, 2.75) is 19.3 Å². The lowest BCUT2D eigenvalue weighted by Gasteiger charge is -2.10. The topological polar surface area (TPSA) is 96.5 Å². The molecule has 33 heavy (non-hydrogen) atoms. The molecule has 3 aromatic carbocycles. The van der Waals surface area contributed by atoms with Crippen LogP contribution in [0.15, 0.2) is 78.9 Å². The van der Waals surface area contributed by atoms with Crippen LogP contribution in [0.5, 0.6) is 5.75 Å². The summed E-state index contributed by atoms with van der Waals surface area (Å²) in [6.07, 6.45) is 0.592. The van der Waals surface area contributed by atoms with Gasteiger partial charge in [-0.1, -0.05) is 60.1 Å². The Kier molecular flexibility index (Phi) is 8.85. The van der Waals surface area contributed by atoms with Gasteiger partial charge in [0.2, 0.25) is 11.8 Å². The number of anilines is 1. The number of hydrogen-bond donors (Lipinski definition) is 3. The van der Waals surface area contributed by atoms with Crippen LogP contribution in [0.4, 0.5) is 5.69 Å². The largest absolute Gasteiger partial charge is 0.493 e. The van der Waals surface area contributed by atoms with Crippen molar-refractivity contribution in [1.82, 2.24) is 10.9 Å². The molecule has 0 atom stereocenters. The van der Waals surface area contributed by atoms with E-state index in [1.165, 1.54) is 0 Å². The highest BCUT2D eigenvalue weighted by Crippen LogP contribution is 2.20. The average molecular weight is 466 g/mol. The molecule has 0 unspecified atom stereocenters. The fourth-order valence-corrected chi connectivity index (χ4v) is 3.11. The molecule has 0 aliphatic heterocycles. The summed E-state index contributed by atoms with van der Waals surface area (Å²) in [6, 6.07) is 23.4. The van der Waals surface area contributed by atoms with Gasteiger partial charge >= 0.3 is 0 Å². The highest BCUT2D eigenvalue weighted by atomic mass is 35.5. The van der Waals surface area contributed by atoms with Crippen molar-refractivity contribution >= 4 is 35.0 Å². The van der Waals surface area contributed by atoms with E-state index in [0.717, 1.165) is 12.0 Å². The summed E-state index contributed by atoms with van der Waals surface area (Å²) in [4.78, 5) is 36.3.